The second kappa shape index (κ2) is 35.4. The van der Waals surface area contributed by atoms with Crippen molar-refractivity contribution < 1.29 is 38.5 Å². The minimum absolute atomic E-state index is 0. The zero-order chi connectivity index (χ0) is 42.0. The standard InChI is InChI=1S/3C17H21OP.CH2O.Rh/c3*1-2-13-18-14-15-19(16-9-5-3-6-10-16)17-11-7-4-8-12-17;1-2;/h3*3-12H,2,13-15H2,1H3;1H2;. The number of ether oxygens (including phenoxy) is 3. The monoisotopic (exact) mass is 949 g/mol. The van der Waals surface area contributed by atoms with E-state index in [9.17, 15) is 0 Å². The third-order valence-electron chi connectivity index (χ3n) is 8.83. The Morgan fingerprint density at radius 3 is 0.633 bits per heavy atom. The second-order valence-corrected chi connectivity index (χ2v) is 20.3. The fraction of sp³-hybridized carbons (Fsp3) is 0.288. The molecule has 0 aromatic heterocycles. The van der Waals surface area contributed by atoms with Crippen LogP contribution in [0.15, 0.2) is 182 Å². The Balaban J connectivity index is 0.000000301. The molecule has 0 spiro atoms. The van der Waals surface area contributed by atoms with Gasteiger partial charge in [0.2, 0.25) is 0 Å². The van der Waals surface area contributed by atoms with Gasteiger partial charge in [-0.1, -0.05) is 203 Å². The quantitative estimate of drug-likeness (QED) is 0.0410. The van der Waals surface area contributed by atoms with E-state index in [1.54, 1.807) is 0 Å². The molecule has 0 aliphatic heterocycles. The minimum atomic E-state index is -0.292. The summed E-state index contributed by atoms with van der Waals surface area (Å²) in [6.07, 6.45) is 6.58. The summed E-state index contributed by atoms with van der Waals surface area (Å²) in [5, 5.41) is 8.60. The predicted octanol–water partition coefficient (Wildman–Crippen LogP) is 10.5. The van der Waals surface area contributed by atoms with Crippen LogP contribution >= 0.6 is 23.8 Å². The first-order valence-corrected chi connectivity index (χ1v) is 25.5. The first-order chi connectivity index (χ1) is 29.2. The van der Waals surface area contributed by atoms with Crippen LogP contribution in [0, 0.1) is 0 Å². The van der Waals surface area contributed by atoms with Crippen LogP contribution in [0.5, 0.6) is 0 Å². The average Bonchev–Trinajstić information content (AvgIpc) is 3.32. The van der Waals surface area contributed by atoms with E-state index in [1.807, 2.05) is 6.79 Å². The zero-order valence-corrected chi connectivity index (χ0v) is 40.1. The summed E-state index contributed by atoms with van der Waals surface area (Å²) in [5.41, 5.74) is 0. The summed E-state index contributed by atoms with van der Waals surface area (Å²) in [4.78, 5) is 8.00. The normalized spacial score (nSPS) is 10.4. The second-order valence-electron chi connectivity index (χ2n) is 13.3. The number of rotatable bonds is 21. The first kappa shape index (κ1) is 52.9. The summed E-state index contributed by atoms with van der Waals surface area (Å²) in [5.74, 6) is 0. The van der Waals surface area contributed by atoms with Gasteiger partial charge in [0.05, 0.1) is 19.8 Å². The van der Waals surface area contributed by atoms with Gasteiger partial charge in [0.25, 0.3) is 0 Å². The van der Waals surface area contributed by atoms with Crippen LogP contribution in [0.1, 0.15) is 40.0 Å². The molecule has 321 valence electrons. The number of carbonyl (C=O) groups is 1. The van der Waals surface area contributed by atoms with Crippen LogP contribution in [0.4, 0.5) is 0 Å². The van der Waals surface area contributed by atoms with E-state index in [4.69, 9.17) is 19.0 Å². The Morgan fingerprint density at radius 1 is 0.317 bits per heavy atom. The number of benzene rings is 6. The number of carbonyl (C=O) groups excluding carboxylic acids is 1. The largest absolute Gasteiger partial charge is 0.381 e. The molecule has 6 aromatic rings. The van der Waals surface area contributed by atoms with Crippen LogP contribution in [0.3, 0.4) is 0 Å². The Bertz CT molecular complexity index is 1490. The van der Waals surface area contributed by atoms with Gasteiger partial charge in [0, 0.05) is 39.3 Å². The molecule has 0 aliphatic rings. The summed E-state index contributed by atoms with van der Waals surface area (Å²) >= 11 is 0. The van der Waals surface area contributed by atoms with Gasteiger partial charge in [-0.05, 0) is 93.3 Å². The van der Waals surface area contributed by atoms with Crippen molar-refractivity contribution in [3.63, 3.8) is 0 Å². The molecule has 8 heteroatoms. The summed E-state index contributed by atoms with van der Waals surface area (Å²) in [6.45, 7) is 13.6. The molecule has 0 fully saturated rings. The SMILES string of the molecule is C=O.CCCOCCP(c1ccccc1)c1ccccc1.CCCOCCP(c1ccccc1)c1ccccc1.CCCOCCP(c1ccccc1)c1ccccc1.[Rh]. The molecule has 0 atom stereocenters. The Hall–Kier alpha value is -3.22. The molecule has 6 rings (SSSR count). The van der Waals surface area contributed by atoms with Crippen LogP contribution in [0.2, 0.25) is 0 Å². The zero-order valence-electron chi connectivity index (χ0n) is 35.8. The van der Waals surface area contributed by atoms with Crippen molar-refractivity contribution in [3.05, 3.63) is 182 Å². The number of hydrogen-bond acceptors (Lipinski definition) is 4. The van der Waals surface area contributed by atoms with E-state index >= 15 is 0 Å². The van der Waals surface area contributed by atoms with Gasteiger partial charge in [-0.2, -0.15) is 0 Å². The maximum Gasteiger partial charge on any atom is 0.106 e. The van der Waals surface area contributed by atoms with Crippen LogP contribution in [-0.2, 0) is 38.5 Å². The minimum Gasteiger partial charge on any atom is -0.381 e. The van der Waals surface area contributed by atoms with E-state index < -0.39 is 0 Å². The molecule has 1 radical (unpaired) electrons. The Kier molecular flexibility index (Phi) is 31.2. The number of hydrogen-bond donors (Lipinski definition) is 0. The summed E-state index contributed by atoms with van der Waals surface area (Å²) < 4.78 is 17.0. The van der Waals surface area contributed by atoms with Gasteiger partial charge < -0.3 is 19.0 Å². The molecule has 0 saturated heterocycles. The molecule has 0 saturated carbocycles. The molecular formula is C52H65O4P3Rh. The maximum atomic E-state index is 8.00. The van der Waals surface area contributed by atoms with Gasteiger partial charge in [0.15, 0.2) is 0 Å². The topological polar surface area (TPSA) is 44.8 Å². The molecule has 6 aromatic carbocycles. The predicted molar refractivity (Wildman–Crippen MR) is 262 cm³/mol. The van der Waals surface area contributed by atoms with Gasteiger partial charge in [-0.3, -0.25) is 0 Å². The molecule has 0 aliphatic carbocycles. The van der Waals surface area contributed by atoms with Crippen molar-refractivity contribution >= 4 is 62.4 Å². The molecule has 0 heterocycles. The van der Waals surface area contributed by atoms with Crippen LogP contribution < -0.4 is 31.8 Å². The molecule has 0 unspecified atom stereocenters. The van der Waals surface area contributed by atoms with Gasteiger partial charge >= 0.3 is 0 Å². The van der Waals surface area contributed by atoms with E-state index in [0.717, 1.165) is 77.4 Å². The fourth-order valence-electron chi connectivity index (χ4n) is 6.08. The van der Waals surface area contributed by atoms with Gasteiger partial charge in [0.1, 0.15) is 6.79 Å². The average molecular weight is 950 g/mol. The summed E-state index contributed by atoms with van der Waals surface area (Å²) in [7, 11) is -0.877. The first-order valence-electron chi connectivity index (χ1n) is 20.9. The summed E-state index contributed by atoms with van der Waals surface area (Å²) in [6, 6.07) is 64.8. The van der Waals surface area contributed by atoms with Crippen LogP contribution in [-0.4, -0.2) is 64.9 Å². The van der Waals surface area contributed by atoms with Crippen LogP contribution in [0.25, 0.3) is 0 Å². The fourth-order valence-corrected chi connectivity index (χ4v) is 12.6. The van der Waals surface area contributed by atoms with Crippen molar-refractivity contribution in [1.82, 2.24) is 0 Å². The maximum absolute atomic E-state index is 8.00. The van der Waals surface area contributed by atoms with Crippen molar-refractivity contribution in [1.29, 1.82) is 0 Å². The molecule has 0 bridgehead atoms. The Labute approximate surface area is 378 Å². The van der Waals surface area contributed by atoms with E-state index in [-0.39, 0.29) is 43.2 Å². The molecule has 0 amide bonds. The van der Waals surface area contributed by atoms with Crippen molar-refractivity contribution in [2.45, 2.75) is 40.0 Å². The Morgan fingerprint density at radius 2 is 0.483 bits per heavy atom. The van der Waals surface area contributed by atoms with E-state index in [2.05, 4.69) is 203 Å². The van der Waals surface area contributed by atoms with Crippen molar-refractivity contribution in [3.8, 4) is 0 Å². The van der Waals surface area contributed by atoms with E-state index in [0.29, 0.717) is 0 Å². The molecular weight excluding hydrogens is 884 g/mol. The third kappa shape index (κ3) is 21.0. The van der Waals surface area contributed by atoms with Crippen molar-refractivity contribution in [2.24, 2.45) is 0 Å². The smallest absolute Gasteiger partial charge is 0.106 e. The molecule has 4 nitrogen and oxygen atoms in total. The molecule has 0 N–H and O–H groups in total. The van der Waals surface area contributed by atoms with Crippen molar-refractivity contribution in [2.75, 3.05) is 58.1 Å². The van der Waals surface area contributed by atoms with Gasteiger partial charge in [-0.15, -0.1) is 0 Å². The molecule has 60 heavy (non-hydrogen) atoms. The third-order valence-corrected chi connectivity index (χ3v) is 16.2. The van der Waals surface area contributed by atoms with E-state index in [1.165, 1.54) is 31.8 Å². The van der Waals surface area contributed by atoms with Gasteiger partial charge in [-0.25, -0.2) is 0 Å².